The number of amides is 1. The van der Waals surface area contributed by atoms with Gasteiger partial charge in [0.15, 0.2) is 0 Å². The van der Waals surface area contributed by atoms with Crippen molar-refractivity contribution in [3.05, 3.63) is 46.2 Å². The van der Waals surface area contributed by atoms with Crippen LogP contribution in [0, 0.1) is 12.8 Å². The van der Waals surface area contributed by atoms with Gasteiger partial charge in [-0.15, -0.1) is 11.3 Å². The second kappa shape index (κ2) is 7.80. The average molecular weight is 393 g/mol. The number of anilines is 1. The van der Waals surface area contributed by atoms with E-state index < -0.39 is 10.0 Å². The van der Waals surface area contributed by atoms with Gasteiger partial charge in [0.2, 0.25) is 0 Å². The molecule has 0 radical (unpaired) electrons. The standard InChI is InChI=1S/C19H24N2O3S2/c1-14-7-9-16(10-8-14)20-26(23,24)17-11-12-25-18(17)19(22)21(2)13-15-5-3-4-6-15/h7-12,15,20H,3-6,13H2,1-2H3. The molecule has 1 fully saturated rings. The monoisotopic (exact) mass is 392 g/mol. The van der Waals surface area contributed by atoms with E-state index in [2.05, 4.69) is 4.72 Å². The molecule has 0 saturated heterocycles. The number of sulfonamides is 1. The first-order valence-corrected chi connectivity index (χ1v) is 11.2. The van der Waals surface area contributed by atoms with Gasteiger partial charge < -0.3 is 4.90 Å². The van der Waals surface area contributed by atoms with Crippen LogP contribution in [0.2, 0.25) is 0 Å². The molecule has 3 rings (SSSR count). The lowest BCUT2D eigenvalue weighted by Crippen LogP contribution is -2.31. The summed E-state index contributed by atoms with van der Waals surface area (Å²) in [6, 6.07) is 8.61. The molecular formula is C19H24N2O3S2. The molecule has 26 heavy (non-hydrogen) atoms. The van der Waals surface area contributed by atoms with Crippen molar-refractivity contribution in [3.63, 3.8) is 0 Å². The second-order valence-corrected chi connectivity index (χ2v) is 9.49. The van der Waals surface area contributed by atoms with E-state index in [4.69, 9.17) is 0 Å². The Bertz CT molecular complexity index is 866. The fourth-order valence-corrected chi connectivity index (χ4v) is 5.81. The number of nitrogens with zero attached hydrogens (tertiary/aromatic N) is 1. The van der Waals surface area contributed by atoms with Crippen molar-refractivity contribution in [2.75, 3.05) is 18.3 Å². The molecule has 1 heterocycles. The minimum atomic E-state index is -3.81. The van der Waals surface area contributed by atoms with Crippen LogP contribution in [0.3, 0.4) is 0 Å². The van der Waals surface area contributed by atoms with Gasteiger partial charge in [0, 0.05) is 19.3 Å². The molecule has 0 bridgehead atoms. The average Bonchev–Trinajstić information content (AvgIpc) is 3.27. The molecule has 0 aliphatic heterocycles. The van der Waals surface area contributed by atoms with Crippen LogP contribution in [-0.4, -0.2) is 32.8 Å². The predicted molar refractivity (Wildman–Crippen MR) is 105 cm³/mol. The summed E-state index contributed by atoms with van der Waals surface area (Å²) in [6.07, 6.45) is 4.71. The van der Waals surface area contributed by atoms with Crippen molar-refractivity contribution in [1.82, 2.24) is 4.90 Å². The number of nitrogens with one attached hydrogen (secondary N) is 1. The maximum atomic E-state index is 12.8. The molecule has 140 valence electrons. The first-order valence-electron chi connectivity index (χ1n) is 8.79. The van der Waals surface area contributed by atoms with Crippen molar-refractivity contribution in [2.24, 2.45) is 5.92 Å². The topological polar surface area (TPSA) is 66.5 Å². The minimum Gasteiger partial charge on any atom is -0.341 e. The van der Waals surface area contributed by atoms with E-state index >= 15 is 0 Å². The molecule has 5 nitrogen and oxygen atoms in total. The lowest BCUT2D eigenvalue weighted by atomic mass is 10.1. The Labute approximate surface area is 159 Å². The molecule has 1 aliphatic rings. The molecule has 1 saturated carbocycles. The number of hydrogen-bond acceptors (Lipinski definition) is 4. The van der Waals surface area contributed by atoms with E-state index in [1.165, 1.54) is 30.2 Å². The van der Waals surface area contributed by atoms with Gasteiger partial charge in [0.05, 0.1) is 0 Å². The first kappa shape index (κ1) is 18.9. The Balaban J connectivity index is 1.77. The first-order chi connectivity index (χ1) is 12.4. The number of thiophene rings is 1. The van der Waals surface area contributed by atoms with E-state index in [9.17, 15) is 13.2 Å². The number of carbonyl (C=O) groups is 1. The van der Waals surface area contributed by atoms with Crippen LogP contribution < -0.4 is 4.72 Å². The molecule has 7 heteroatoms. The normalized spacial score (nSPS) is 15.2. The maximum Gasteiger partial charge on any atom is 0.265 e. The number of rotatable bonds is 6. The van der Waals surface area contributed by atoms with Crippen LogP contribution in [0.4, 0.5) is 5.69 Å². The summed E-state index contributed by atoms with van der Waals surface area (Å²) in [7, 11) is -2.05. The number of aryl methyl sites for hydroxylation is 1. The number of carbonyl (C=O) groups excluding carboxylic acids is 1. The Kier molecular flexibility index (Phi) is 5.67. The van der Waals surface area contributed by atoms with E-state index in [0.717, 1.165) is 18.4 Å². The Morgan fingerprint density at radius 1 is 1.19 bits per heavy atom. The molecule has 1 aromatic carbocycles. The lowest BCUT2D eigenvalue weighted by molar-refractivity contribution is 0.0774. The highest BCUT2D eigenvalue weighted by atomic mass is 32.2. The molecule has 0 atom stereocenters. The molecule has 1 amide bonds. The summed E-state index contributed by atoms with van der Waals surface area (Å²) in [5.41, 5.74) is 1.53. The van der Waals surface area contributed by atoms with Crippen molar-refractivity contribution >= 4 is 33.0 Å². The molecular weight excluding hydrogens is 368 g/mol. The smallest absolute Gasteiger partial charge is 0.265 e. The molecule has 1 N–H and O–H groups in total. The van der Waals surface area contributed by atoms with Crippen LogP contribution in [0.1, 0.15) is 40.9 Å². The van der Waals surface area contributed by atoms with Crippen molar-refractivity contribution in [2.45, 2.75) is 37.5 Å². The van der Waals surface area contributed by atoms with Gasteiger partial charge in [0.1, 0.15) is 9.77 Å². The quantitative estimate of drug-likeness (QED) is 0.804. The van der Waals surface area contributed by atoms with Crippen LogP contribution in [0.25, 0.3) is 0 Å². The van der Waals surface area contributed by atoms with E-state index in [0.29, 0.717) is 18.2 Å². The summed E-state index contributed by atoms with van der Waals surface area (Å²) < 4.78 is 28.1. The second-order valence-electron chi connectivity index (χ2n) is 6.92. The lowest BCUT2D eigenvalue weighted by Gasteiger charge is -2.21. The summed E-state index contributed by atoms with van der Waals surface area (Å²) >= 11 is 1.17. The molecule has 0 unspecified atom stereocenters. The van der Waals surface area contributed by atoms with Gasteiger partial charge in [-0.25, -0.2) is 8.42 Å². The molecule has 0 spiro atoms. The summed E-state index contributed by atoms with van der Waals surface area (Å²) in [5.74, 6) is 0.297. The summed E-state index contributed by atoms with van der Waals surface area (Å²) in [5, 5.41) is 1.65. The predicted octanol–water partition coefficient (Wildman–Crippen LogP) is 4.12. The SMILES string of the molecule is Cc1ccc(NS(=O)(=O)c2ccsc2C(=O)N(C)CC2CCCC2)cc1. The van der Waals surface area contributed by atoms with Crippen LogP contribution >= 0.6 is 11.3 Å². The Morgan fingerprint density at radius 2 is 1.85 bits per heavy atom. The van der Waals surface area contributed by atoms with Crippen LogP contribution in [0.15, 0.2) is 40.6 Å². The van der Waals surface area contributed by atoms with Crippen molar-refractivity contribution < 1.29 is 13.2 Å². The molecule has 1 aliphatic carbocycles. The Morgan fingerprint density at radius 3 is 2.50 bits per heavy atom. The highest BCUT2D eigenvalue weighted by Crippen LogP contribution is 2.28. The zero-order valence-corrected chi connectivity index (χ0v) is 16.7. The fraction of sp³-hybridized carbons (Fsp3) is 0.421. The van der Waals surface area contributed by atoms with Crippen molar-refractivity contribution in [3.8, 4) is 0 Å². The van der Waals surface area contributed by atoms with Crippen molar-refractivity contribution in [1.29, 1.82) is 0 Å². The summed E-state index contributed by atoms with van der Waals surface area (Å²) in [4.78, 5) is 14.8. The van der Waals surface area contributed by atoms with Gasteiger partial charge in [-0.1, -0.05) is 30.5 Å². The maximum absolute atomic E-state index is 12.8. The summed E-state index contributed by atoms with van der Waals surface area (Å²) in [6.45, 7) is 2.62. The number of benzene rings is 1. The Hall–Kier alpha value is -1.86. The van der Waals surface area contributed by atoms with Gasteiger partial charge in [0.25, 0.3) is 15.9 Å². The zero-order valence-electron chi connectivity index (χ0n) is 15.1. The third-order valence-electron chi connectivity index (χ3n) is 4.77. The van der Waals surface area contributed by atoms with Gasteiger partial charge in [-0.05, 0) is 49.3 Å². The van der Waals surface area contributed by atoms with Gasteiger partial charge >= 0.3 is 0 Å². The van der Waals surface area contributed by atoms with Gasteiger partial charge in [-0.2, -0.15) is 0 Å². The van der Waals surface area contributed by atoms with Gasteiger partial charge in [-0.3, -0.25) is 9.52 Å². The highest BCUT2D eigenvalue weighted by Gasteiger charge is 2.27. The zero-order chi connectivity index (χ0) is 18.7. The fourth-order valence-electron chi connectivity index (χ4n) is 3.33. The molecule has 2 aromatic rings. The molecule has 1 aromatic heterocycles. The van der Waals surface area contributed by atoms with E-state index in [1.807, 2.05) is 19.1 Å². The van der Waals surface area contributed by atoms with Crippen LogP contribution in [0.5, 0.6) is 0 Å². The number of hydrogen-bond donors (Lipinski definition) is 1. The van der Waals surface area contributed by atoms with E-state index in [-0.39, 0.29) is 15.7 Å². The van der Waals surface area contributed by atoms with E-state index in [1.54, 1.807) is 29.5 Å². The van der Waals surface area contributed by atoms with Crippen LogP contribution in [-0.2, 0) is 10.0 Å². The third kappa shape index (κ3) is 4.27. The third-order valence-corrected chi connectivity index (χ3v) is 7.23. The minimum absolute atomic E-state index is 0.0475. The highest BCUT2D eigenvalue weighted by molar-refractivity contribution is 7.93. The largest absolute Gasteiger partial charge is 0.341 e.